The van der Waals surface area contributed by atoms with Crippen LogP contribution in [0.25, 0.3) is 0 Å². The van der Waals surface area contributed by atoms with E-state index < -0.39 is 29.9 Å². The maximum atomic E-state index is 12.4. The first-order valence-electron chi connectivity index (χ1n) is 8.49. The van der Waals surface area contributed by atoms with Crippen molar-refractivity contribution in [1.29, 1.82) is 0 Å². The standard InChI is InChI=1S/C16H27N3O6/c1-9(2)8-12(19-14(22)10-4-3-7-17-10)15(23)18-11(16(24)25)5-6-13(20)21/h9-12,17H,3-8H2,1-2H3,(H,18,23)(H,19,22)(H,20,21)(H,24,25)/t10-,11-,12-/m0/s1. The number of amides is 2. The highest BCUT2D eigenvalue weighted by Gasteiger charge is 2.30. The van der Waals surface area contributed by atoms with Crippen molar-refractivity contribution in [2.24, 2.45) is 5.92 Å². The van der Waals surface area contributed by atoms with Crippen LogP contribution in [0.4, 0.5) is 0 Å². The molecule has 0 unspecified atom stereocenters. The van der Waals surface area contributed by atoms with E-state index in [9.17, 15) is 19.2 Å². The van der Waals surface area contributed by atoms with Crippen LogP contribution in [0.3, 0.4) is 0 Å². The molecule has 0 aromatic carbocycles. The molecule has 1 fully saturated rings. The average molecular weight is 357 g/mol. The first-order chi connectivity index (χ1) is 11.7. The van der Waals surface area contributed by atoms with Crippen LogP contribution in [-0.4, -0.2) is 58.6 Å². The lowest BCUT2D eigenvalue weighted by atomic mass is 10.0. The average Bonchev–Trinajstić information content (AvgIpc) is 3.03. The van der Waals surface area contributed by atoms with E-state index in [1.54, 1.807) is 0 Å². The Balaban J connectivity index is 2.71. The molecule has 1 heterocycles. The van der Waals surface area contributed by atoms with Crippen molar-refractivity contribution in [3.63, 3.8) is 0 Å². The molecule has 1 saturated heterocycles. The number of hydrogen-bond donors (Lipinski definition) is 5. The van der Waals surface area contributed by atoms with E-state index >= 15 is 0 Å². The van der Waals surface area contributed by atoms with E-state index in [4.69, 9.17) is 10.2 Å². The number of carboxylic acid groups (broad SMARTS) is 2. The van der Waals surface area contributed by atoms with Gasteiger partial charge in [-0.05, 0) is 38.1 Å². The van der Waals surface area contributed by atoms with Crippen LogP contribution in [-0.2, 0) is 19.2 Å². The molecule has 1 aliphatic heterocycles. The number of rotatable bonds is 10. The maximum absolute atomic E-state index is 12.4. The normalized spacial score (nSPS) is 19.2. The molecule has 2 amide bonds. The molecular formula is C16H27N3O6. The predicted octanol–water partition coefficient (Wildman–Crippen LogP) is -0.296. The minimum absolute atomic E-state index is 0.106. The van der Waals surface area contributed by atoms with E-state index in [0.29, 0.717) is 12.8 Å². The van der Waals surface area contributed by atoms with Gasteiger partial charge in [0.05, 0.1) is 6.04 Å². The largest absolute Gasteiger partial charge is 0.481 e. The molecule has 1 aliphatic rings. The van der Waals surface area contributed by atoms with Crippen LogP contribution in [0.15, 0.2) is 0 Å². The van der Waals surface area contributed by atoms with Crippen LogP contribution in [0.5, 0.6) is 0 Å². The molecule has 0 aromatic rings. The van der Waals surface area contributed by atoms with Gasteiger partial charge in [-0.3, -0.25) is 14.4 Å². The van der Waals surface area contributed by atoms with Crippen LogP contribution >= 0.6 is 0 Å². The maximum Gasteiger partial charge on any atom is 0.326 e. The summed E-state index contributed by atoms with van der Waals surface area (Å²) in [6.45, 7) is 4.52. The second kappa shape index (κ2) is 9.97. The highest BCUT2D eigenvalue weighted by atomic mass is 16.4. The zero-order chi connectivity index (χ0) is 19.0. The van der Waals surface area contributed by atoms with Gasteiger partial charge in [0, 0.05) is 6.42 Å². The third kappa shape index (κ3) is 7.51. The lowest BCUT2D eigenvalue weighted by Crippen LogP contribution is -2.54. The molecule has 0 aliphatic carbocycles. The van der Waals surface area contributed by atoms with Crippen molar-refractivity contribution in [3.8, 4) is 0 Å². The van der Waals surface area contributed by atoms with Gasteiger partial charge in [0.25, 0.3) is 0 Å². The Morgan fingerprint density at radius 1 is 1.12 bits per heavy atom. The van der Waals surface area contributed by atoms with Gasteiger partial charge in [0.1, 0.15) is 12.1 Å². The van der Waals surface area contributed by atoms with E-state index in [0.717, 1.165) is 13.0 Å². The summed E-state index contributed by atoms with van der Waals surface area (Å²) >= 11 is 0. The summed E-state index contributed by atoms with van der Waals surface area (Å²) in [5, 5.41) is 25.9. The van der Waals surface area contributed by atoms with Crippen molar-refractivity contribution >= 4 is 23.8 Å². The fourth-order valence-electron chi connectivity index (χ4n) is 2.68. The summed E-state index contributed by atoms with van der Waals surface area (Å²) in [7, 11) is 0. The highest BCUT2D eigenvalue weighted by Crippen LogP contribution is 2.10. The molecule has 142 valence electrons. The second-order valence-electron chi connectivity index (χ2n) is 6.67. The van der Waals surface area contributed by atoms with Crippen molar-refractivity contribution in [2.75, 3.05) is 6.54 Å². The zero-order valence-electron chi connectivity index (χ0n) is 14.6. The number of carboxylic acids is 2. The van der Waals surface area contributed by atoms with Crippen LogP contribution in [0.1, 0.15) is 46.0 Å². The van der Waals surface area contributed by atoms with Crippen LogP contribution < -0.4 is 16.0 Å². The van der Waals surface area contributed by atoms with Crippen LogP contribution in [0.2, 0.25) is 0 Å². The smallest absolute Gasteiger partial charge is 0.326 e. The number of carbonyl (C=O) groups is 4. The lowest BCUT2D eigenvalue weighted by Gasteiger charge is -2.24. The van der Waals surface area contributed by atoms with Gasteiger partial charge >= 0.3 is 11.9 Å². The Bertz CT molecular complexity index is 502. The van der Waals surface area contributed by atoms with E-state index in [1.165, 1.54) is 0 Å². The van der Waals surface area contributed by atoms with Crippen molar-refractivity contribution in [3.05, 3.63) is 0 Å². The third-order valence-corrected chi connectivity index (χ3v) is 3.98. The predicted molar refractivity (Wildman–Crippen MR) is 88.8 cm³/mol. The summed E-state index contributed by atoms with van der Waals surface area (Å²) in [6.07, 6.45) is 1.34. The number of carbonyl (C=O) groups excluding carboxylic acids is 2. The Kier molecular flexibility index (Phi) is 8.33. The van der Waals surface area contributed by atoms with Crippen molar-refractivity contribution < 1.29 is 29.4 Å². The fraction of sp³-hybridized carbons (Fsp3) is 0.750. The molecule has 0 radical (unpaired) electrons. The van der Waals surface area contributed by atoms with Gasteiger partial charge in [0.2, 0.25) is 11.8 Å². The third-order valence-electron chi connectivity index (χ3n) is 3.98. The summed E-state index contributed by atoms with van der Waals surface area (Å²) in [5.41, 5.74) is 0. The van der Waals surface area contributed by atoms with E-state index in [2.05, 4.69) is 16.0 Å². The zero-order valence-corrected chi connectivity index (χ0v) is 14.6. The van der Waals surface area contributed by atoms with Crippen LogP contribution in [0, 0.1) is 5.92 Å². The molecule has 0 saturated carbocycles. The van der Waals surface area contributed by atoms with Crippen molar-refractivity contribution in [2.45, 2.75) is 64.1 Å². The molecule has 0 bridgehead atoms. The fourth-order valence-corrected chi connectivity index (χ4v) is 2.68. The number of nitrogens with one attached hydrogen (secondary N) is 3. The van der Waals surface area contributed by atoms with Gasteiger partial charge in [0.15, 0.2) is 0 Å². The molecule has 9 nitrogen and oxygen atoms in total. The molecule has 0 aromatic heterocycles. The Hall–Kier alpha value is -2.16. The minimum atomic E-state index is -1.31. The number of hydrogen-bond acceptors (Lipinski definition) is 5. The van der Waals surface area contributed by atoms with Crippen molar-refractivity contribution in [1.82, 2.24) is 16.0 Å². The van der Waals surface area contributed by atoms with Gasteiger partial charge in [-0.2, -0.15) is 0 Å². The summed E-state index contributed by atoms with van der Waals surface area (Å²) in [6, 6.07) is -2.51. The lowest BCUT2D eigenvalue weighted by molar-refractivity contribution is -0.143. The topological polar surface area (TPSA) is 145 Å². The minimum Gasteiger partial charge on any atom is -0.481 e. The molecule has 25 heavy (non-hydrogen) atoms. The molecule has 5 N–H and O–H groups in total. The van der Waals surface area contributed by atoms with E-state index in [-0.39, 0.29) is 30.7 Å². The highest BCUT2D eigenvalue weighted by molar-refractivity contribution is 5.92. The van der Waals surface area contributed by atoms with Gasteiger partial charge in [-0.15, -0.1) is 0 Å². The Morgan fingerprint density at radius 3 is 2.28 bits per heavy atom. The monoisotopic (exact) mass is 357 g/mol. The quantitative estimate of drug-likeness (QED) is 0.361. The van der Waals surface area contributed by atoms with Gasteiger partial charge in [-0.1, -0.05) is 13.8 Å². The summed E-state index contributed by atoms with van der Waals surface area (Å²) in [5.74, 6) is -3.23. The Morgan fingerprint density at radius 2 is 1.80 bits per heavy atom. The number of aliphatic carboxylic acids is 2. The first kappa shape index (κ1) is 20.9. The molecule has 3 atom stereocenters. The van der Waals surface area contributed by atoms with Gasteiger partial charge in [-0.25, -0.2) is 4.79 Å². The Labute approximate surface area is 146 Å². The summed E-state index contributed by atoms with van der Waals surface area (Å²) in [4.78, 5) is 46.5. The van der Waals surface area contributed by atoms with Gasteiger partial charge < -0.3 is 26.2 Å². The molecule has 1 rings (SSSR count). The second-order valence-corrected chi connectivity index (χ2v) is 6.67. The van der Waals surface area contributed by atoms with E-state index in [1.807, 2.05) is 13.8 Å². The summed E-state index contributed by atoms with van der Waals surface area (Å²) < 4.78 is 0. The molecule has 9 heteroatoms. The first-order valence-corrected chi connectivity index (χ1v) is 8.49. The molecule has 0 spiro atoms. The SMILES string of the molecule is CC(C)C[C@H](NC(=O)[C@@H]1CCCN1)C(=O)N[C@@H](CCC(=O)O)C(=O)O. The molecular weight excluding hydrogens is 330 g/mol.